The first-order valence-electron chi connectivity index (χ1n) is 8.29. The number of para-hydroxylation sites is 1. The van der Waals surface area contributed by atoms with Gasteiger partial charge in [0, 0.05) is 23.6 Å². The molecule has 0 aromatic heterocycles. The number of hydrogen-bond donors (Lipinski definition) is 0. The van der Waals surface area contributed by atoms with E-state index >= 15 is 0 Å². The minimum absolute atomic E-state index is 0.103. The Hall–Kier alpha value is -2.38. The Morgan fingerprint density at radius 3 is 2.48 bits per heavy atom. The number of ether oxygens (including phenoxy) is 1. The van der Waals surface area contributed by atoms with Crippen molar-refractivity contribution in [2.24, 2.45) is 0 Å². The third-order valence-corrected chi connectivity index (χ3v) is 6.46. The van der Waals surface area contributed by atoms with Crippen molar-refractivity contribution in [1.29, 1.82) is 0 Å². The summed E-state index contributed by atoms with van der Waals surface area (Å²) >= 11 is 5.78. The van der Waals surface area contributed by atoms with E-state index in [-0.39, 0.29) is 17.1 Å². The summed E-state index contributed by atoms with van der Waals surface area (Å²) in [5, 5.41) is 0.430. The van der Waals surface area contributed by atoms with Crippen molar-refractivity contribution >= 4 is 39.0 Å². The quantitative estimate of drug-likeness (QED) is 0.712. The van der Waals surface area contributed by atoms with Gasteiger partial charge in [-0.15, -0.1) is 0 Å². The van der Waals surface area contributed by atoms with E-state index in [4.69, 9.17) is 16.3 Å². The second kappa shape index (κ2) is 7.70. The number of carbonyl (C=O) groups is 2. The molecule has 0 spiro atoms. The van der Waals surface area contributed by atoms with Crippen LogP contribution >= 0.6 is 11.6 Å². The molecule has 0 saturated carbocycles. The Kier molecular flexibility index (Phi) is 5.53. The summed E-state index contributed by atoms with van der Waals surface area (Å²) in [6, 6.07) is 12.2. The SMILES string of the molecule is COC(=O)C1Cc2ccccc2N1C(=O)CCS(=O)(=O)c1ccc(Cl)cc1. The van der Waals surface area contributed by atoms with E-state index in [0.717, 1.165) is 5.56 Å². The second-order valence-electron chi connectivity index (χ2n) is 6.16. The summed E-state index contributed by atoms with van der Waals surface area (Å²) in [5.74, 6) is -1.33. The van der Waals surface area contributed by atoms with Crippen LogP contribution in [0.4, 0.5) is 5.69 Å². The van der Waals surface area contributed by atoms with E-state index in [0.29, 0.717) is 17.1 Å². The van der Waals surface area contributed by atoms with Gasteiger partial charge in [0.15, 0.2) is 9.84 Å². The molecule has 6 nitrogen and oxygen atoms in total. The van der Waals surface area contributed by atoms with Crippen LogP contribution in [0, 0.1) is 0 Å². The maximum absolute atomic E-state index is 12.8. The van der Waals surface area contributed by atoms with Crippen LogP contribution in [-0.4, -0.2) is 39.2 Å². The molecule has 142 valence electrons. The van der Waals surface area contributed by atoms with Crippen LogP contribution in [0.3, 0.4) is 0 Å². The maximum Gasteiger partial charge on any atom is 0.329 e. The molecule has 1 aliphatic heterocycles. The predicted octanol–water partition coefficient (Wildman–Crippen LogP) is 2.63. The van der Waals surface area contributed by atoms with Gasteiger partial charge in [0.1, 0.15) is 6.04 Å². The fraction of sp³-hybridized carbons (Fsp3) is 0.263. The van der Waals surface area contributed by atoms with Crippen molar-refractivity contribution in [1.82, 2.24) is 0 Å². The highest BCUT2D eigenvalue weighted by atomic mass is 35.5. The van der Waals surface area contributed by atoms with Gasteiger partial charge in [-0.25, -0.2) is 13.2 Å². The summed E-state index contributed by atoms with van der Waals surface area (Å²) in [6.07, 6.45) is 0.102. The number of halogens is 1. The number of amides is 1. The number of hydrogen-bond acceptors (Lipinski definition) is 5. The monoisotopic (exact) mass is 407 g/mol. The van der Waals surface area contributed by atoms with E-state index < -0.39 is 27.8 Å². The number of sulfone groups is 1. The van der Waals surface area contributed by atoms with Crippen molar-refractivity contribution in [2.75, 3.05) is 17.8 Å². The van der Waals surface area contributed by atoms with Crippen molar-refractivity contribution < 1.29 is 22.7 Å². The van der Waals surface area contributed by atoms with Crippen LogP contribution in [0.1, 0.15) is 12.0 Å². The molecule has 0 N–H and O–H groups in total. The highest BCUT2D eigenvalue weighted by molar-refractivity contribution is 7.91. The smallest absolute Gasteiger partial charge is 0.329 e. The standard InChI is InChI=1S/C19H18ClNO5S/c1-26-19(23)17-12-13-4-2-3-5-16(13)21(17)18(22)10-11-27(24,25)15-8-6-14(20)7-9-15/h2-9,17H,10-12H2,1H3. The Morgan fingerprint density at radius 1 is 1.15 bits per heavy atom. The number of esters is 1. The third-order valence-electron chi connectivity index (χ3n) is 4.48. The van der Waals surface area contributed by atoms with E-state index in [1.807, 2.05) is 12.1 Å². The van der Waals surface area contributed by atoms with E-state index in [1.54, 1.807) is 12.1 Å². The molecule has 0 aliphatic carbocycles. The number of carbonyl (C=O) groups excluding carboxylic acids is 2. The molecule has 2 aromatic carbocycles. The zero-order valence-electron chi connectivity index (χ0n) is 14.6. The number of benzene rings is 2. The molecule has 0 bridgehead atoms. The van der Waals surface area contributed by atoms with Gasteiger partial charge in [0.2, 0.25) is 5.91 Å². The molecule has 3 rings (SSSR count). The van der Waals surface area contributed by atoms with Gasteiger partial charge in [-0.2, -0.15) is 0 Å². The largest absolute Gasteiger partial charge is 0.467 e. The molecule has 1 heterocycles. The molecule has 0 saturated heterocycles. The van der Waals surface area contributed by atoms with E-state index in [9.17, 15) is 18.0 Å². The number of anilines is 1. The van der Waals surface area contributed by atoms with Crippen LogP contribution in [-0.2, 0) is 30.6 Å². The van der Waals surface area contributed by atoms with Gasteiger partial charge in [-0.05, 0) is 35.9 Å². The van der Waals surface area contributed by atoms with Crippen molar-refractivity contribution in [3.05, 3.63) is 59.1 Å². The van der Waals surface area contributed by atoms with Gasteiger partial charge in [0.05, 0.1) is 17.8 Å². The topological polar surface area (TPSA) is 80.8 Å². The minimum atomic E-state index is -3.64. The summed E-state index contributed by atoms with van der Waals surface area (Å²) in [7, 11) is -2.38. The molecule has 8 heteroatoms. The average molecular weight is 408 g/mol. The second-order valence-corrected chi connectivity index (χ2v) is 8.70. The summed E-state index contributed by atoms with van der Waals surface area (Å²) < 4.78 is 29.8. The number of fused-ring (bicyclic) bond motifs is 1. The summed E-state index contributed by atoms with van der Waals surface area (Å²) in [5.41, 5.74) is 1.46. The lowest BCUT2D eigenvalue weighted by molar-refractivity contribution is -0.143. The lowest BCUT2D eigenvalue weighted by atomic mass is 10.1. The van der Waals surface area contributed by atoms with Crippen LogP contribution < -0.4 is 4.90 Å². The van der Waals surface area contributed by atoms with Crippen LogP contribution in [0.15, 0.2) is 53.4 Å². The fourth-order valence-corrected chi connectivity index (χ4v) is 4.48. The first-order valence-corrected chi connectivity index (χ1v) is 10.3. The predicted molar refractivity (Wildman–Crippen MR) is 102 cm³/mol. The van der Waals surface area contributed by atoms with Crippen molar-refractivity contribution in [3.8, 4) is 0 Å². The van der Waals surface area contributed by atoms with Gasteiger partial charge in [-0.1, -0.05) is 29.8 Å². The minimum Gasteiger partial charge on any atom is -0.467 e. The molecule has 2 aromatic rings. The zero-order chi connectivity index (χ0) is 19.6. The van der Waals surface area contributed by atoms with E-state index in [1.165, 1.54) is 36.3 Å². The molecule has 1 aliphatic rings. The Balaban J connectivity index is 1.79. The van der Waals surface area contributed by atoms with Crippen LogP contribution in [0.5, 0.6) is 0 Å². The molecule has 1 amide bonds. The zero-order valence-corrected chi connectivity index (χ0v) is 16.2. The van der Waals surface area contributed by atoms with Gasteiger partial charge in [0.25, 0.3) is 0 Å². The van der Waals surface area contributed by atoms with E-state index in [2.05, 4.69) is 0 Å². The van der Waals surface area contributed by atoms with Crippen molar-refractivity contribution in [2.45, 2.75) is 23.8 Å². The maximum atomic E-state index is 12.8. The first kappa shape index (κ1) is 19.4. The molecular weight excluding hydrogens is 390 g/mol. The fourth-order valence-electron chi connectivity index (χ4n) is 3.12. The summed E-state index contributed by atoms with van der Waals surface area (Å²) in [6.45, 7) is 0. The average Bonchev–Trinajstić information content (AvgIpc) is 3.05. The molecule has 1 atom stereocenters. The van der Waals surface area contributed by atoms with Gasteiger partial charge in [-0.3, -0.25) is 9.69 Å². The normalized spacial score (nSPS) is 16.1. The van der Waals surface area contributed by atoms with Gasteiger partial charge < -0.3 is 4.74 Å². The van der Waals surface area contributed by atoms with Crippen LogP contribution in [0.25, 0.3) is 0 Å². The number of rotatable bonds is 5. The van der Waals surface area contributed by atoms with Crippen LogP contribution in [0.2, 0.25) is 5.02 Å². The van der Waals surface area contributed by atoms with Gasteiger partial charge >= 0.3 is 5.97 Å². The lowest BCUT2D eigenvalue weighted by Crippen LogP contribution is -2.44. The molecule has 27 heavy (non-hydrogen) atoms. The first-order chi connectivity index (χ1) is 12.8. The molecule has 0 fully saturated rings. The Morgan fingerprint density at radius 2 is 1.81 bits per heavy atom. The molecule has 1 unspecified atom stereocenters. The Labute approximate surface area is 162 Å². The number of nitrogens with zero attached hydrogens (tertiary/aromatic N) is 1. The Bertz CT molecular complexity index is 972. The van der Waals surface area contributed by atoms with Crippen molar-refractivity contribution in [3.63, 3.8) is 0 Å². The number of methoxy groups -OCH3 is 1. The highest BCUT2D eigenvalue weighted by Gasteiger charge is 2.39. The third kappa shape index (κ3) is 3.99. The molecular formula is C19H18ClNO5S. The molecule has 0 radical (unpaired) electrons. The highest BCUT2D eigenvalue weighted by Crippen LogP contribution is 2.33. The summed E-state index contributed by atoms with van der Waals surface area (Å²) in [4.78, 5) is 26.4. The lowest BCUT2D eigenvalue weighted by Gasteiger charge is -2.23.